The van der Waals surface area contributed by atoms with Gasteiger partial charge < -0.3 is 9.88 Å². The van der Waals surface area contributed by atoms with Crippen LogP contribution < -0.4 is 5.32 Å². The number of anilines is 2. The first-order valence-electron chi connectivity index (χ1n) is 5.23. The van der Waals surface area contributed by atoms with Gasteiger partial charge >= 0.3 is 0 Å². The molecule has 2 aromatic rings. The van der Waals surface area contributed by atoms with Gasteiger partial charge in [-0.05, 0) is 30.2 Å². The molecule has 0 atom stereocenters. The van der Waals surface area contributed by atoms with E-state index in [2.05, 4.69) is 45.3 Å². The molecule has 0 radical (unpaired) electrons. The third kappa shape index (κ3) is 2.27. The number of rotatable bonds is 3. The lowest BCUT2D eigenvalue weighted by molar-refractivity contribution is 0.923. The number of benzene rings is 1. The van der Waals surface area contributed by atoms with Crippen molar-refractivity contribution in [3.63, 3.8) is 0 Å². The van der Waals surface area contributed by atoms with Crippen LogP contribution in [0.3, 0.4) is 0 Å². The molecule has 3 nitrogen and oxygen atoms in total. The number of imidazole rings is 1. The Morgan fingerprint density at radius 1 is 1.44 bits per heavy atom. The van der Waals surface area contributed by atoms with Crippen LogP contribution in [0.15, 0.2) is 35.1 Å². The molecule has 0 fully saturated rings. The Morgan fingerprint density at radius 3 is 2.88 bits per heavy atom. The van der Waals surface area contributed by atoms with Crippen molar-refractivity contribution >= 4 is 27.6 Å². The highest BCUT2D eigenvalue weighted by Gasteiger charge is 2.04. The van der Waals surface area contributed by atoms with E-state index in [0.717, 1.165) is 22.5 Å². The average molecular weight is 280 g/mol. The molecule has 0 aliphatic rings. The third-order valence-corrected chi connectivity index (χ3v) is 3.01. The van der Waals surface area contributed by atoms with Gasteiger partial charge in [0, 0.05) is 29.6 Å². The summed E-state index contributed by atoms with van der Waals surface area (Å²) >= 11 is 3.48. The summed E-state index contributed by atoms with van der Waals surface area (Å²) in [7, 11) is 1.97. The van der Waals surface area contributed by atoms with Crippen molar-refractivity contribution in [3.05, 3.63) is 40.6 Å². The molecule has 1 aromatic carbocycles. The molecule has 84 valence electrons. The largest absolute Gasteiger partial charge is 0.325 e. The summed E-state index contributed by atoms with van der Waals surface area (Å²) in [5, 5.41) is 3.33. The van der Waals surface area contributed by atoms with Crippen molar-refractivity contribution in [2.75, 3.05) is 5.32 Å². The lowest BCUT2D eigenvalue weighted by atomic mass is 10.1. The van der Waals surface area contributed by atoms with E-state index in [1.54, 1.807) is 6.20 Å². The van der Waals surface area contributed by atoms with Gasteiger partial charge in [-0.25, -0.2) is 4.98 Å². The Bertz CT molecular complexity index is 491. The zero-order valence-electron chi connectivity index (χ0n) is 9.37. The van der Waals surface area contributed by atoms with Crippen molar-refractivity contribution in [2.24, 2.45) is 7.05 Å². The summed E-state index contributed by atoms with van der Waals surface area (Å²) in [6.07, 6.45) is 4.70. The number of halogens is 1. The van der Waals surface area contributed by atoms with Gasteiger partial charge in [-0.2, -0.15) is 0 Å². The third-order valence-electron chi connectivity index (χ3n) is 2.52. The van der Waals surface area contributed by atoms with E-state index >= 15 is 0 Å². The first-order chi connectivity index (χ1) is 7.70. The minimum Gasteiger partial charge on any atom is -0.325 e. The van der Waals surface area contributed by atoms with Gasteiger partial charge in [-0.1, -0.05) is 22.9 Å². The highest BCUT2D eigenvalue weighted by Crippen LogP contribution is 2.24. The molecule has 0 saturated carbocycles. The van der Waals surface area contributed by atoms with Crippen LogP contribution in [-0.2, 0) is 13.5 Å². The number of aryl methyl sites for hydroxylation is 2. The van der Waals surface area contributed by atoms with Crippen molar-refractivity contribution in [1.29, 1.82) is 0 Å². The molecule has 0 spiro atoms. The minimum atomic E-state index is 0.858. The Morgan fingerprint density at radius 2 is 2.25 bits per heavy atom. The van der Waals surface area contributed by atoms with Crippen molar-refractivity contribution < 1.29 is 0 Å². The molecular weight excluding hydrogens is 266 g/mol. The SMILES string of the molecule is CCc1cc(Br)ccc1Nc1nccn1C. The number of hydrogen-bond donors (Lipinski definition) is 1. The predicted octanol–water partition coefficient (Wildman–Crippen LogP) is 3.49. The molecule has 0 aliphatic carbocycles. The molecule has 0 unspecified atom stereocenters. The summed E-state index contributed by atoms with van der Waals surface area (Å²) in [5.74, 6) is 0.858. The van der Waals surface area contributed by atoms with Gasteiger partial charge in [-0.15, -0.1) is 0 Å². The van der Waals surface area contributed by atoms with Gasteiger partial charge in [0.2, 0.25) is 5.95 Å². The highest BCUT2D eigenvalue weighted by atomic mass is 79.9. The van der Waals surface area contributed by atoms with Gasteiger partial charge in [-0.3, -0.25) is 0 Å². The van der Waals surface area contributed by atoms with Crippen LogP contribution in [0.1, 0.15) is 12.5 Å². The fraction of sp³-hybridized carbons (Fsp3) is 0.250. The second-order valence-electron chi connectivity index (χ2n) is 3.64. The molecule has 4 heteroatoms. The van der Waals surface area contributed by atoms with Crippen molar-refractivity contribution in [1.82, 2.24) is 9.55 Å². The Balaban J connectivity index is 2.31. The van der Waals surface area contributed by atoms with Crippen LogP contribution in [0.25, 0.3) is 0 Å². The molecule has 0 amide bonds. The second kappa shape index (κ2) is 4.70. The summed E-state index contributed by atoms with van der Waals surface area (Å²) in [6.45, 7) is 2.14. The zero-order valence-corrected chi connectivity index (χ0v) is 11.0. The smallest absolute Gasteiger partial charge is 0.207 e. The fourth-order valence-electron chi connectivity index (χ4n) is 1.58. The Hall–Kier alpha value is -1.29. The Labute approximate surface area is 104 Å². The molecule has 0 saturated heterocycles. The van der Waals surface area contributed by atoms with Crippen LogP contribution in [-0.4, -0.2) is 9.55 Å². The molecule has 2 rings (SSSR count). The molecule has 1 aromatic heterocycles. The summed E-state index contributed by atoms with van der Waals surface area (Å²) in [4.78, 5) is 4.25. The molecule has 1 heterocycles. The van der Waals surface area contributed by atoms with Crippen LogP contribution in [0.5, 0.6) is 0 Å². The average Bonchev–Trinajstić information content (AvgIpc) is 2.67. The van der Waals surface area contributed by atoms with Crippen molar-refractivity contribution in [2.45, 2.75) is 13.3 Å². The number of nitrogens with one attached hydrogen (secondary N) is 1. The normalized spacial score (nSPS) is 10.4. The lowest BCUT2D eigenvalue weighted by Crippen LogP contribution is -2.01. The zero-order chi connectivity index (χ0) is 11.5. The maximum absolute atomic E-state index is 4.25. The van der Waals surface area contributed by atoms with Gasteiger partial charge in [0.05, 0.1) is 0 Å². The number of aromatic nitrogens is 2. The highest BCUT2D eigenvalue weighted by molar-refractivity contribution is 9.10. The summed E-state index contributed by atoms with van der Waals surface area (Å²) in [5.41, 5.74) is 2.39. The van der Waals surface area contributed by atoms with Gasteiger partial charge in [0.15, 0.2) is 0 Å². The summed E-state index contributed by atoms with van der Waals surface area (Å²) < 4.78 is 3.07. The molecular formula is C12H14BrN3. The quantitative estimate of drug-likeness (QED) is 0.932. The van der Waals surface area contributed by atoms with E-state index in [0.29, 0.717) is 0 Å². The predicted molar refractivity (Wildman–Crippen MR) is 70.0 cm³/mol. The van der Waals surface area contributed by atoms with E-state index in [9.17, 15) is 0 Å². The molecule has 16 heavy (non-hydrogen) atoms. The van der Waals surface area contributed by atoms with E-state index in [1.165, 1.54) is 5.56 Å². The second-order valence-corrected chi connectivity index (χ2v) is 4.56. The van der Waals surface area contributed by atoms with Crippen LogP contribution in [0.2, 0.25) is 0 Å². The minimum absolute atomic E-state index is 0.858. The van der Waals surface area contributed by atoms with E-state index < -0.39 is 0 Å². The number of nitrogens with zero attached hydrogens (tertiary/aromatic N) is 2. The van der Waals surface area contributed by atoms with Crippen molar-refractivity contribution in [3.8, 4) is 0 Å². The molecule has 0 aliphatic heterocycles. The fourth-order valence-corrected chi connectivity index (χ4v) is 1.99. The number of hydrogen-bond acceptors (Lipinski definition) is 2. The molecule has 0 bridgehead atoms. The lowest BCUT2D eigenvalue weighted by Gasteiger charge is -2.10. The first kappa shape index (κ1) is 11.2. The van der Waals surface area contributed by atoms with Gasteiger partial charge in [0.25, 0.3) is 0 Å². The van der Waals surface area contributed by atoms with Crippen LogP contribution in [0, 0.1) is 0 Å². The van der Waals surface area contributed by atoms with E-state index in [1.807, 2.05) is 23.9 Å². The van der Waals surface area contributed by atoms with Crippen LogP contribution >= 0.6 is 15.9 Å². The van der Waals surface area contributed by atoms with E-state index in [-0.39, 0.29) is 0 Å². The Kier molecular flexibility index (Phi) is 3.29. The monoisotopic (exact) mass is 279 g/mol. The van der Waals surface area contributed by atoms with Crippen LogP contribution in [0.4, 0.5) is 11.6 Å². The maximum atomic E-state index is 4.25. The standard InChI is InChI=1S/C12H14BrN3/c1-3-9-8-10(13)4-5-11(9)15-12-14-6-7-16(12)2/h4-8H,3H2,1-2H3,(H,14,15). The first-order valence-corrected chi connectivity index (χ1v) is 6.02. The summed E-state index contributed by atoms with van der Waals surface area (Å²) in [6, 6.07) is 6.23. The van der Waals surface area contributed by atoms with E-state index in [4.69, 9.17) is 0 Å². The topological polar surface area (TPSA) is 29.9 Å². The maximum Gasteiger partial charge on any atom is 0.207 e. The molecule has 1 N–H and O–H groups in total. The van der Waals surface area contributed by atoms with Gasteiger partial charge in [0.1, 0.15) is 0 Å².